The third-order valence-corrected chi connectivity index (χ3v) is 2.50. The minimum absolute atomic E-state index is 0.182. The average molecular weight is 246 g/mol. The van der Waals surface area contributed by atoms with Crippen LogP contribution in [-0.2, 0) is 0 Å². The van der Waals surface area contributed by atoms with E-state index in [0.29, 0.717) is 5.82 Å². The summed E-state index contributed by atoms with van der Waals surface area (Å²) in [5.74, 6) is 0.531. The van der Waals surface area contributed by atoms with Gasteiger partial charge in [0.2, 0.25) is 5.29 Å². The molecule has 2 heterocycles. The van der Waals surface area contributed by atoms with Crippen molar-refractivity contribution in [2.24, 2.45) is 10.7 Å². The van der Waals surface area contributed by atoms with Crippen LogP contribution in [0, 0.1) is 6.92 Å². The number of nitrogens with zero attached hydrogens (tertiary/aromatic N) is 3. The maximum absolute atomic E-state index is 6.07. The lowest BCUT2D eigenvalue weighted by Gasteiger charge is -2.33. The van der Waals surface area contributed by atoms with Crippen LogP contribution in [0.2, 0.25) is 0 Å². The summed E-state index contributed by atoms with van der Waals surface area (Å²) in [6.07, 6.45) is 3.00. The van der Waals surface area contributed by atoms with Gasteiger partial charge in [-0.15, -0.1) is 0 Å². The second kappa shape index (κ2) is 3.52. The van der Waals surface area contributed by atoms with Gasteiger partial charge < -0.3 is 0 Å². The molecule has 2 rings (SSSR count). The number of hydrogen-bond acceptors (Lipinski definition) is 4. The Balaban J connectivity index is 2.43. The molecular weight excluding hydrogens is 237 g/mol. The molecule has 1 atom stereocenters. The monoisotopic (exact) mass is 245 g/mol. The van der Waals surface area contributed by atoms with Crippen molar-refractivity contribution in [1.82, 2.24) is 10.2 Å². The van der Waals surface area contributed by atoms with E-state index in [1.54, 1.807) is 6.07 Å². The van der Waals surface area contributed by atoms with Crippen LogP contribution in [0.5, 0.6) is 0 Å². The Labute approximate surface area is 96.6 Å². The van der Waals surface area contributed by atoms with Crippen molar-refractivity contribution in [3.05, 3.63) is 24.0 Å². The van der Waals surface area contributed by atoms with Gasteiger partial charge in [-0.05, 0) is 24.6 Å². The van der Waals surface area contributed by atoms with Gasteiger partial charge in [-0.1, -0.05) is 11.6 Å². The number of aliphatic imine (C=N–C) groups is 1. The fraction of sp³-hybridized carbons (Fsp3) is 0.250. The summed E-state index contributed by atoms with van der Waals surface area (Å²) in [6, 6.07) is 1.78. The van der Waals surface area contributed by atoms with Crippen molar-refractivity contribution >= 4 is 34.3 Å². The van der Waals surface area contributed by atoms with Crippen LogP contribution in [0.15, 0.2) is 23.3 Å². The molecule has 7 heteroatoms. The van der Waals surface area contributed by atoms with Crippen LogP contribution in [0.3, 0.4) is 0 Å². The van der Waals surface area contributed by atoms with E-state index >= 15 is 0 Å². The van der Waals surface area contributed by atoms with Gasteiger partial charge in [0.25, 0.3) is 0 Å². The first-order valence-corrected chi connectivity index (χ1v) is 4.97. The van der Waals surface area contributed by atoms with Crippen molar-refractivity contribution in [3.63, 3.8) is 0 Å². The van der Waals surface area contributed by atoms with Crippen LogP contribution in [0.25, 0.3) is 0 Å². The highest BCUT2D eigenvalue weighted by Gasteiger charge is 2.34. The Bertz CT molecular complexity index is 434. The van der Waals surface area contributed by atoms with Gasteiger partial charge >= 0.3 is 0 Å². The molecule has 15 heavy (non-hydrogen) atoms. The van der Waals surface area contributed by atoms with E-state index in [0.717, 1.165) is 5.69 Å². The van der Waals surface area contributed by atoms with Gasteiger partial charge in [-0.25, -0.2) is 4.99 Å². The Morgan fingerprint density at radius 2 is 2.33 bits per heavy atom. The first-order valence-electron chi connectivity index (χ1n) is 4.22. The first kappa shape index (κ1) is 10.5. The number of halogens is 2. The lowest BCUT2D eigenvalue weighted by Crippen LogP contribution is -2.53. The second-order valence-electron chi connectivity index (χ2n) is 3.19. The largest absolute Gasteiger partial charge is 0.292 e. The number of aromatic nitrogens is 2. The maximum atomic E-state index is 6.07. The number of anilines is 1. The normalized spacial score (nSPS) is 25.6. The van der Waals surface area contributed by atoms with Crippen molar-refractivity contribution in [3.8, 4) is 0 Å². The van der Waals surface area contributed by atoms with Crippen LogP contribution in [0.4, 0.5) is 5.82 Å². The zero-order valence-corrected chi connectivity index (χ0v) is 9.42. The van der Waals surface area contributed by atoms with E-state index in [2.05, 4.69) is 15.2 Å². The number of hydrogen-bond donors (Lipinski definition) is 2. The molecule has 1 aromatic heterocycles. The van der Waals surface area contributed by atoms with Gasteiger partial charge in [-0.3, -0.25) is 15.7 Å². The molecule has 5 nitrogen and oxygen atoms in total. The fourth-order valence-electron chi connectivity index (χ4n) is 1.27. The highest BCUT2D eigenvalue weighted by Crippen LogP contribution is 2.28. The van der Waals surface area contributed by atoms with E-state index < -0.39 is 5.12 Å². The number of nitrogens with two attached hydrogens (primary N) is 1. The molecule has 1 unspecified atom stereocenters. The molecule has 1 aliphatic heterocycles. The topological polar surface area (TPSA) is 70.3 Å². The SMILES string of the molecule is Cc1cc(N2C(Cl)=NC=CC2(N)Cl)n[nH]1. The lowest BCUT2D eigenvalue weighted by molar-refractivity contribution is 0.743. The molecule has 0 fully saturated rings. The average Bonchev–Trinajstić information content (AvgIpc) is 2.50. The van der Waals surface area contributed by atoms with Crippen LogP contribution in [0.1, 0.15) is 5.69 Å². The van der Waals surface area contributed by atoms with E-state index in [9.17, 15) is 0 Å². The molecule has 0 spiro atoms. The predicted octanol–water partition coefficient (Wildman–Crippen LogP) is 1.50. The van der Waals surface area contributed by atoms with Crippen LogP contribution in [-0.4, -0.2) is 20.6 Å². The zero-order valence-electron chi connectivity index (χ0n) is 7.91. The number of amidine groups is 1. The Kier molecular flexibility index (Phi) is 2.46. The number of nitrogens with one attached hydrogen (secondary N) is 1. The van der Waals surface area contributed by atoms with E-state index in [1.165, 1.54) is 17.2 Å². The summed E-state index contributed by atoms with van der Waals surface area (Å²) >= 11 is 12.0. The summed E-state index contributed by atoms with van der Waals surface area (Å²) in [6.45, 7) is 1.87. The molecule has 0 saturated heterocycles. The van der Waals surface area contributed by atoms with Gasteiger partial charge in [-0.2, -0.15) is 5.10 Å². The molecule has 3 N–H and O–H groups in total. The van der Waals surface area contributed by atoms with Gasteiger partial charge in [0.05, 0.1) is 0 Å². The minimum Gasteiger partial charge on any atom is -0.292 e. The molecule has 0 bridgehead atoms. The van der Waals surface area contributed by atoms with Crippen molar-refractivity contribution < 1.29 is 0 Å². The van der Waals surface area contributed by atoms with Crippen molar-refractivity contribution in [2.75, 3.05) is 4.90 Å². The maximum Gasteiger partial charge on any atom is 0.207 e. The number of alkyl halides is 1. The molecule has 0 aromatic carbocycles. The predicted molar refractivity (Wildman–Crippen MR) is 61.0 cm³/mol. The van der Waals surface area contributed by atoms with E-state index in [-0.39, 0.29) is 5.29 Å². The standard InChI is InChI=1S/C8H9Cl2N5/c1-5-4-6(14-13-5)15-7(9)12-3-2-8(15,10)11/h2-4H,11H2,1H3,(H,13,14). The summed E-state index contributed by atoms with van der Waals surface area (Å²) in [5, 5.41) is 5.75. The zero-order chi connectivity index (χ0) is 11.1. The Morgan fingerprint density at radius 1 is 1.60 bits per heavy atom. The molecular formula is C8H9Cl2N5. The van der Waals surface area contributed by atoms with Gasteiger partial charge in [0.15, 0.2) is 10.9 Å². The number of aryl methyl sites for hydroxylation is 1. The molecule has 0 saturated carbocycles. The van der Waals surface area contributed by atoms with Crippen molar-refractivity contribution in [2.45, 2.75) is 12.0 Å². The number of rotatable bonds is 1. The van der Waals surface area contributed by atoms with Crippen molar-refractivity contribution in [1.29, 1.82) is 0 Å². The third kappa shape index (κ3) is 1.86. The highest BCUT2D eigenvalue weighted by atomic mass is 35.5. The van der Waals surface area contributed by atoms with Crippen LogP contribution >= 0.6 is 23.2 Å². The van der Waals surface area contributed by atoms with Gasteiger partial charge in [0, 0.05) is 18.0 Å². The highest BCUT2D eigenvalue weighted by molar-refractivity contribution is 6.68. The minimum atomic E-state index is -1.24. The molecule has 0 amide bonds. The molecule has 0 aliphatic carbocycles. The van der Waals surface area contributed by atoms with E-state index in [4.69, 9.17) is 28.9 Å². The first-order chi connectivity index (χ1) is 7.00. The number of aromatic amines is 1. The second-order valence-corrected chi connectivity index (χ2v) is 4.13. The van der Waals surface area contributed by atoms with Crippen LogP contribution < -0.4 is 10.6 Å². The van der Waals surface area contributed by atoms with E-state index in [1.807, 2.05) is 6.92 Å². The summed E-state index contributed by atoms with van der Waals surface area (Å²) < 4.78 is 0. The molecule has 0 radical (unpaired) electrons. The molecule has 80 valence electrons. The summed E-state index contributed by atoms with van der Waals surface area (Å²) in [4.78, 5) is 5.33. The lowest BCUT2D eigenvalue weighted by atomic mass is 10.3. The smallest absolute Gasteiger partial charge is 0.207 e. The third-order valence-electron chi connectivity index (χ3n) is 1.94. The van der Waals surface area contributed by atoms with Gasteiger partial charge in [0.1, 0.15) is 0 Å². The summed E-state index contributed by atoms with van der Waals surface area (Å²) in [5.41, 5.74) is 6.72. The summed E-state index contributed by atoms with van der Waals surface area (Å²) in [7, 11) is 0. The fourth-order valence-corrected chi connectivity index (χ4v) is 1.81. The molecule has 1 aromatic rings. The Hall–Kier alpha value is -1.04. The Morgan fingerprint density at radius 3 is 2.87 bits per heavy atom. The molecule has 1 aliphatic rings. The quantitative estimate of drug-likeness (QED) is 0.582. The number of H-pyrrole nitrogens is 1.